The molecule has 0 aromatic carbocycles. The van der Waals surface area contributed by atoms with Crippen molar-refractivity contribution < 1.29 is 0 Å². The fraction of sp³-hybridized carbons (Fsp3) is 0.429. The van der Waals surface area contributed by atoms with E-state index < -0.39 is 0 Å². The summed E-state index contributed by atoms with van der Waals surface area (Å²) >= 11 is 0. The molecule has 0 aliphatic carbocycles. The lowest BCUT2D eigenvalue weighted by Crippen LogP contribution is -2.11. The summed E-state index contributed by atoms with van der Waals surface area (Å²) < 4.78 is 0. The lowest BCUT2D eigenvalue weighted by Gasteiger charge is -1.96. The second kappa shape index (κ2) is 3.75. The standard InChI is InChI=1S/C7H12N4/c1-4(8)6(3)11-7(10)5(2)9/h8-10H,1-3H3. The van der Waals surface area contributed by atoms with E-state index in [4.69, 9.17) is 16.2 Å². The molecule has 0 fully saturated rings. The molecule has 4 nitrogen and oxygen atoms in total. The van der Waals surface area contributed by atoms with Crippen LogP contribution in [0.5, 0.6) is 0 Å². The maximum Gasteiger partial charge on any atom is 0.165 e. The number of nitrogens with one attached hydrogen (secondary N) is 3. The molecule has 3 N–H and O–H groups in total. The predicted molar refractivity (Wildman–Crippen MR) is 47.6 cm³/mol. The van der Waals surface area contributed by atoms with Gasteiger partial charge in [0.05, 0.1) is 11.4 Å². The van der Waals surface area contributed by atoms with Gasteiger partial charge in [0.2, 0.25) is 0 Å². The van der Waals surface area contributed by atoms with Crippen molar-refractivity contribution >= 4 is 23.0 Å². The van der Waals surface area contributed by atoms with Gasteiger partial charge in [0.25, 0.3) is 0 Å². The van der Waals surface area contributed by atoms with Gasteiger partial charge >= 0.3 is 0 Å². The molecule has 11 heavy (non-hydrogen) atoms. The fourth-order valence-electron chi connectivity index (χ4n) is 0.335. The zero-order chi connectivity index (χ0) is 9.02. The first-order valence-corrected chi connectivity index (χ1v) is 3.20. The Balaban J connectivity index is 4.44. The third-order valence-corrected chi connectivity index (χ3v) is 1.18. The zero-order valence-electron chi connectivity index (χ0n) is 6.95. The van der Waals surface area contributed by atoms with Gasteiger partial charge in [-0.1, -0.05) is 0 Å². The van der Waals surface area contributed by atoms with E-state index in [1.54, 1.807) is 13.8 Å². The van der Waals surface area contributed by atoms with Crippen LogP contribution in [0.2, 0.25) is 0 Å². The van der Waals surface area contributed by atoms with E-state index in [0.29, 0.717) is 11.4 Å². The zero-order valence-corrected chi connectivity index (χ0v) is 6.95. The van der Waals surface area contributed by atoms with Gasteiger partial charge in [-0.25, -0.2) is 4.99 Å². The van der Waals surface area contributed by atoms with Crippen LogP contribution >= 0.6 is 0 Å². The Kier molecular flexibility index (Phi) is 3.30. The van der Waals surface area contributed by atoms with Crippen LogP contribution in [0.15, 0.2) is 4.99 Å². The number of aliphatic imine (C=N–C) groups is 1. The number of hydrogen-bond acceptors (Lipinski definition) is 3. The van der Waals surface area contributed by atoms with Crippen LogP contribution in [0.3, 0.4) is 0 Å². The molecule has 0 saturated carbocycles. The van der Waals surface area contributed by atoms with Crippen molar-refractivity contribution in [2.75, 3.05) is 0 Å². The molecule has 0 rings (SSSR count). The molecule has 0 amide bonds. The second-order valence-corrected chi connectivity index (χ2v) is 2.30. The van der Waals surface area contributed by atoms with Gasteiger partial charge in [-0.2, -0.15) is 0 Å². The summed E-state index contributed by atoms with van der Waals surface area (Å²) in [6.45, 7) is 4.75. The van der Waals surface area contributed by atoms with Crippen LogP contribution in [0.25, 0.3) is 0 Å². The normalized spacial score (nSPS) is 11.0. The van der Waals surface area contributed by atoms with Crippen LogP contribution < -0.4 is 0 Å². The molecule has 0 aromatic heterocycles. The summed E-state index contributed by atoms with van der Waals surface area (Å²) in [5.41, 5.74) is 0.934. The first kappa shape index (κ1) is 9.68. The maximum atomic E-state index is 7.16. The van der Waals surface area contributed by atoms with E-state index in [-0.39, 0.29) is 11.5 Å². The van der Waals surface area contributed by atoms with Gasteiger partial charge in [-0.3, -0.25) is 5.41 Å². The molecule has 0 unspecified atom stereocenters. The Bertz CT molecular complexity index is 237. The number of rotatable bonds is 2. The quantitative estimate of drug-likeness (QED) is 0.396. The molecule has 4 heteroatoms. The van der Waals surface area contributed by atoms with Crippen LogP contribution in [0, 0.1) is 16.2 Å². The predicted octanol–water partition coefficient (Wildman–Crippen LogP) is 1.50. The van der Waals surface area contributed by atoms with E-state index in [1.165, 1.54) is 6.92 Å². The van der Waals surface area contributed by atoms with Gasteiger partial charge in [-0.15, -0.1) is 0 Å². The van der Waals surface area contributed by atoms with Crippen molar-refractivity contribution in [2.45, 2.75) is 20.8 Å². The molecule has 0 spiro atoms. The summed E-state index contributed by atoms with van der Waals surface area (Å²) in [7, 11) is 0. The van der Waals surface area contributed by atoms with Crippen molar-refractivity contribution in [3.63, 3.8) is 0 Å². The molecule has 0 radical (unpaired) electrons. The summed E-state index contributed by atoms with van der Waals surface area (Å²) in [6, 6.07) is 0. The van der Waals surface area contributed by atoms with Crippen molar-refractivity contribution in [3.05, 3.63) is 0 Å². The van der Waals surface area contributed by atoms with E-state index in [9.17, 15) is 0 Å². The molecule has 0 heterocycles. The Hall–Kier alpha value is -1.32. The Morgan fingerprint density at radius 2 is 1.36 bits per heavy atom. The smallest absolute Gasteiger partial charge is 0.165 e. The average molecular weight is 152 g/mol. The average Bonchev–Trinajstić information content (AvgIpc) is 1.87. The molecule has 0 bridgehead atoms. The molecule has 0 aromatic rings. The van der Waals surface area contributed by atoms with Gasteiger partial charge in [0.1, 0.15) is 0 Å². The number of amidine groups is 1. The minimum atomic E-state index is -0.0749. The molecular formula is C7H12N4. The second-order valence-electron chi connectivity index (χ2n) is 2.30. The van der Waals surface area contributed by atoms with Crippen LogP contribution in [0.1, 0.15) is 20.8 Å². The van der Waals surface area contributed by atoms with Gasteiger partial charge in [0, 0.05) is 5.71 Å². The fourth-order valence-corrected chi connectivity index (χ4v) is 0.335. The summed E-state index contributed by atoms with van der Waals surface area (Å²) in [4.78, 5) is 3.73. The lowest BCUT2D eigenvalue weighted by atomic mass is 10.3. The Labute approximate surface area is 65.9 Å². The van der Waals surface area contributed by atoms with Crippen molar-refractivity contribution in [1.29, 1.82) is 16.2 Å². The molecule has 0 atom stereocenters. The van der Waals surface area contributed by atoms with E-state index in [1.807, 2.05) is 0 Å². The molecule has 0 saturated heterocycles. The summed E-state index contributed by atoms with van der Waals surface area (Å²) in [6.07, 6.45) is 0. The topological polar surface area (TPSA) is 83.9 Å². The number of hydrogen-bond donors (Lipinski definition) is 3. The Morgan fingerprint density at radius 1 is 0.909 bits per heavy atom. The molecule has 60 valence electrons. The lowest BCUT2D eigenvalue weighted by molar-refractivity contribution is 1.41. The van der Waals surface area contributed by atoms with E-state index >= 15 is 0 Å². The van der Waals surface area contributed by atoms with Crippen molar-refractivity contribution in [2.24, 2.45) is 4.99 Å². The van der Waals surface area contributed by atoms with Gasteiger partial charge in [0.15, 0.2) is 5.84 Å². The monoisotopic (exact) mass is 152 g/mol. The minimum Gasteiger partial charge on any atom is -0.304 e. The maximum absolute atomic E-state index is 7.16. The van der Waals surface area contributed by atoms with Crippen LogP contribution in [-0.2, 0) is 0 Å². The largest absolute Gasteiger partial charge is 0.304 e. The number of nitrogens with zero attached hydrogens (tertiary/aromatic N) is 1. The SMILES string of the molecule is CC(=N)C(=N)N=C(C)C(C)=N. The third-order valence-electron chi connectivity index (χ3n) is 1.18. The Morgan fingerprint density at radius 3 is 1.64 bits per heavy atom. The third kappa shape index (κ3) is 3.40. The van der Waals surface area contributed by atoms with Crippen molar-refractivity contribution in [1.82, 2.24) is 0 Å². The highest BCUT2D eigenvalue weighted by Crippen LogP contribution is 1.85. The summed E-state index contributed by atoms with van der Waals surface area (Å²) in [5.74, 6) is -0.0749. The van der Waals surface area contributed by atoms with Gasteiger partial charge < -0.3 is 10.8 Å². The first-order valence-electron chi connectivity index (χ1n) is 3.20. The van der Waals surface area contributed by atoms with Crippen LogP contribution in [-0.4, -0.2) is 23.0 Å². The van der Waals surface area contributed by atoms with Crippen molar-refractivity contribution in [3.8, 4) is 0 Å². The van der Waals surface area contributed by atoms with E-state index in [2.05, 4.69) is 4.99 Å². The van der Waals surface area contributed by atoms with Gasteiger partial charge in [-0.05, 0) is 20.8 Å². The summed E-state index contributed by atoms with van der Waals surface area (Å²) in [5, 5.41) is 21.3. The molecule has 0 aliphatic heterocycles. The highest BCUT2D eigenvalue weighted by atomic mass is 14.9. The minimum absolute atomic E-state index is 0.0749. The van der Waals surface area contributed by atoms with Crippen LogP contribution in [0.4, 0.5) is 0 Å². The molecular weight excluding hydrogens is 140 g/mol. The highest BCUT2D eigenvalue weighted by molar-refractivity contribution is 6.47. The van der Waals surface area contributed by atoms with E-state index in [0.717, 1.165) is 0 Å². The molecule has 0 aliphatic rings. The first-order chi connectivity index (χ1) is 4.95. The highest BCUT2D eigenvalue weighted by Gasteiger charge is 1.98.